The van der Waals surface area contributed by atoms with Crippen molar-refractivity contribution in [2.24, 2.45) is 10.9 Å². The Balaban J connectivity index is 0.00000480. The first-order chi connectivity index (χ1) is 14.3. The number of hydrogen-bond acceptors (Lipinski definition) is 3. The molecule has 178 valence electrons. The van der Waals surface area contributed by atoms with Crippen LogP contribution in [0.15, 0.2) is 35.3 Å². The lowest BCUT2D eigenvalue weighted by molar-refractivity contribution is -0.148. The summed E-state index contributed by atoms with van der Waals surface area (Å²) in [6.45, 7) is 4.90. The fourth-order valence-corrected chi connectivity index (χ4v) is 3.73. The molecule has 5 nitrogen and oxygen atoms in total. The van der Waals surface area contributed by atoms with E-state index in [-0.39, 0.29) is 24.0 Å². The molecule has 1 fully saturated rings. The number of halogens is 4. The summed E-state index contributed by atoms with van der Waals surface area (Å²) in [4.78, 5) is 8.09. The largest absolute Gasteiger partial charge is 0.401 e. The number of aliphatic imine (C=N–C) groups is 1. The Hall–Kier alpha value is -1.07. The van der Waals surface area contributed by atoms with E-state index >= 15 is 0 Å². The van der Waals surface area contributed by atoms with Crippen molar-refractivity contribution in [2.45, 2.75) is 44.9 Å². The summed E-state index contributed by atoms with van der Waals surface area (Å²) in [5, 5.41) is 6.71. The molecule has 0 saturated carbocycles. The van der Waals surface area contributed by atoms with E-state index in [1.165, 1.54) is 10.5 Å². The van der Waals surface area contributed by atoms with E-state index in [9.17, 15) is 13.2 Å². The molecule has 31 heavy (non-hydrogen) atoms. The highest BCUT2D eigenvalue weighted by atomic mass is 127. The number of benzene rings is 1. The molecule has 1 aliphatic rings. The molecular weight excluding hydrogens is 518 g/mol. The number of nitrogens with one attached hydrogen (secondary N) is 2. The van der Waals surface area contributed by atoms with Gasteiger partial charge in [0.2, 0.25) is 0 Å². The van der Waals surface area contributed by atoms with Crippen LogP contribution in [-0.2, 0) is 6.54 Å². The van der Waals surface area contributed by atoms with E-state index < -0.39 is 12.7 Å². The molecule has 1 atom stereocenters. The normalized spacial score (nSPS) is 17.3. The minimum atomic E-state index is -4.10. The van der Waals surface area contributed by atoms with Crippen molar-refractivity contribution in [3.8, 4) is 0 Å². The zero-order chi connectivity index (χ0) is 22.0. The third kappa shape index (κ3) is 11.4. The van der Waals surface area contributed by atoms with Gasteiger partial charge in [-0.05, 0) is 57.8 Å². The van der Waals surface area contributed by atoms with Crippen LogP contribution in [0.1, 0.15) is 31.7 Å². The first-order valence-electron chi connectivity index (χ1n) is 10.7. The number of nitrogens with zero attached hydrogens (tertiary/aromatic N) is 3. The van der Waals surface area contributed by atoms with Crippen LogP contribution in [0.5, 0.6) is 0 Å². The van der Waals surface area contributed by atoms with Gasteiger partial charge in [-0.1, -0.05) is 30.3 Å². The molecule has 0 spiro atoms. The Bertz CT molecular complexity index is 634. The van der Waals surface area contributed by atoms with Crippen molar-refractivity contribution in [2.75, 3.05) is 46.8 Å². The SMILES string of the molecule is CN=C(NCCC1CCN(CC(F)(F)F)CC1)NCC(C)N(C)Cc1ccccc1.I. The minimum absolute atomic E-state index is 0. The molecule has 1 aromatic rings. The number of piperidine rings is 1. The number of hydrogen-bond donors (Lipinski definition) is 2. The molecule has 1 saturated heterocycles. The summed E-state index contributed by atoms with van der Waals surface area (Å²) in [5.41, 5.74) is 1.29. The van der Waals surface area contributed by atoms with E-state index in [0.717, 1.165) is 44.9 Å². The van der Waals surface area contributed by atoms with Crippen LogP contribution < -0.4 is 10.6 Å². The maximum Gasteiger partial charge on any atom is 0.401 e. The summed E-state index contributed by atoms with van der Waals surface area (Å²) in [5.74, 6) is 1.24. The average molecular weight is 555 g/mol. The fraction of sp³-hybridized carbons (Fsp3) is 0.682. The van der Waals surface area contributed by atoms with Crippen LogP contribution >= 0.6 is 24.0 Å². The molecule has 0 aromatic heterocycles. The van der Waals surface area contributed by atoms with E-state index in [0.29, 0.717) is 25.0 Å². The van der Waals surface area contributed by atoms with Gasteiger partial charge in [0.15, 0.2) is 5.96 Å². The highest BCUT2D eigenvalue weighted by molar-refractivity contribution is 14.0. The Labute approximate surface area is 201 Å². The Kier molecular flexibility index (Phi) is 12.8. The van der Waals surface area contributed by atoms with Crippen molar-refractivity contribution in [3.63, 3.8) is 0 Å². The van der Waals surface area contributed by atoms with Crippen molar-refractivity contribution < 1.29 is 13.2 Å². The second kappa shape index (κ2) is 14.2. The molecule has 2 rings (SSSR count). The molecule has 9 heteroatoms. The molecule has 0 radical (unpaired) electrons. The summed E-state index contributed by atoms with van der Waals surface area (Å²) < 4.78 is 37.4. The smallest absolute Gasteiger partial charge is 0.356 e. The molecule has 1 heterocycles. The first-order valence-corrected chi connectivity index (χ1v) is 10.7. The van der Waals surface area contributed by atoms with Gasteiger partial charge in [-0.25, -0.2) is 0 Å². The minimum Gasteiger partial charge on any atom is -0.356 e. The predicted octanol–water partition coefficient (Wildman–Crippen LogP) is 3.95. The summed E-state index contributed by atoms with van der Waals surface area (Å²) in [6.07, 6.45) is -1.50. The predicted molar refractivity (Wildman–Crippen MR) is 132 cm³/mol. The lowest BCUT2D eigenvalue weighted by Gasteiger charge is -2.32. The first kappa shape index (κ1) is 28.0. The van der Waals surface area contributed by atoms with E-state index in [2.05, 4.69) is 58.8 Å². The number of likely N-dealkylation sites (N-methyl/N-ethyl adjacent to an activating group) is 1. The average Bonchev–Trinajstić information content (AvgIpc) is 2.71. The fourth-order valence-electron chi connectivity index (χ4n) is 3.73. The van der Waals surface area contributed by atoms with Crippen molar-refractivity contribution >= 4 is 29.9 Å². The summed E-state index contributed by atoms with van der Waals surface area (Å²) in [7, 11) is 3.87. The summed E-state index contributed by atoms with van der Waals surface area (Å²) in [6, 6.07) is 10.7. The quantitative estimate of drug-likeness (QED) is 0.275. The second-order valence-electron chi connectivity index (χ2n) is 8.25. The van der Waals surface area contributed by atoms with E-state index in [1.807, 2.05) is 6.07 Å². The Morgan fingerprint density at radius 2 is 1.84 bits per heavy atom. The molecule has 0 amide bonds. The highest BCUT2D eigenvalue weighted by Gasteiger charge is 2.32. The Morgan fingerprint density at radius 3 is 2.42 bits per heavy atom. The molecule has 0 aliphatic carbocycles. The maximum absolute atomic E-state index is 12.5. The van der Waals surface area contributed by atoms with Gasteiger partial charge in [0.25, 0.3) is 0 Å². The highest BCUT2D eigenvalue weighted by Crippen LogP contribution is 2.23. The number of likely N-dealkylation sites (tertiary alicyclic amines) is 1. The van der Waals surface area contributed by atoms with E-state index in [4.69, 9.17) is 0 Å². The van der Waals surface area contributed by atoms with Crippen LogP contribution in [0.3, 0.4) is 0 Å². The lowest BCUT2D eigenvalue weighted by atomic mass is 9.93. The van der Waals surface area contributed by atoms with E-state index in [1.54, 1.807) is 7.05 Å². The number of rotatable bonds is 9. The molecule has 1 unspecified atom stereocenters. The van der Waals surface area contributed by atoms with Gasteiger partial charge in [-0.15, -0.1) is 24.0 Å². The molecule has 1 aliphatic heterocycles. The van der Waals surface area contributed by atoms with Crippen molar-refractivity contribution in [1.82, 2.24) is 20.4 Å². The van der Waals surface area contributed by atoms with Crippen molar-refractivity contribution in [3.05, 3.63) is 35.9 Å². The topological polar surface area (TPSA) is 42.9 Å². The monoisotopic (exact) mass is 555 g/mol. The van der Waals surface area contributed by atoms with Gasteiger partial charge in [-0.2, -0.15) is 13.2 Å². The van der Waals surface area contributed by atoms with Crippen LogP contribution in [0.25, 0.3) is 0 Å². The molecule has 2 N–H and O–H groups in total. The maximum atomic E-state index is 12.5. The van der Waals surface area contributed by atoms with Gasteiger partial charge in [0, 0.05) is 32.7 Å². The van der Waals surface area contributed by atoms with Crippen molar-refractivity contribution in [1.29, 1.82) is 0 Å². The standard InChI is InChI=1S/C22H36F3N5.HI/c1-18(29(3)16-20-7-5-4-6-8-20)15-28-21(26-2)27-12-9-19-10-13-30(14-11-19)17-22(23,24)25;/h4-8,18-19H,9-17H2,1-3H3,(H2,26,27,28);1H. The lowest BCUT2D eigenvalue weighted by Crippen LogP contribution is -2.45. The molecule has 1 aromatic carbocycles. The van der Waals surface area contributed by atoms with Crippen LogP contribution in [0.4, 0.5) is 13.2 Å². The van der Waals surface area contributed by atoms with Gasteiger partial charge < -0.3 is 10.6 Å². The van der Waals surface area contributed by atoms with Gasteiger partial charge in [0.05, 0.1) is 6.54 Å². The zero-order valence-electron chi connectivity index (χ0n) is 18.8. The van der Waals surface area contributed by atoms with Gasteiger partial charge in [-0.3, -0.25) is 14.8 Å². The van der Waals surface area contributed by atoms with Gasteiger partial charge in [0.1, 0.15) is 0 Å². The Morgan fingerprint density at radius 1 is 1.19 bits per heavy atom. The third-order valence-electron chi connectivity index (χ3n) is 5.77. The third-order valence-corrected chi connectivity index (χ3v) is 5.77. The summed E-state index contributed by atoms with van der Waals surface area (Å²) >= 11 is 0. The van der Waals surface area contributed by atoms with Gasteiger partial charge >= 0.3 is 6.18 Å². The number of alkyl halides is 3. The number of guanidine groups is 1. The van der Waals surface area contributed by atoms with Crippen LogP contribution in [0.2, 0.25) is 0 Å². The molecule has 0 bridgehead atoms. The second-order valence-corrected chi connectivity index (χ2v) is 8.25. The van der Waals surface area contributed by atoms with Crippen LogP contribution in [0, 0.1) is 5.92 Å². The molecular formula is C22H37F3IN5. The zero-order valence-corrected chi connectivity index (χ0v) is 21.1. The van der Waals surface area contributed by atoms with Crippen LogP contribution in [-0.4, -0.2) is 74.8 Å².